The Kier molecular flexibility index (Phi) is 4.73. The molecule has 1 fully saturated rings. The molecule has 1 amide bonds. The van der Waals surface area contributed by atoms with Crippen LogP contribution in [0.2, 0.25) is 0 Å². The summed E-state index contributed by atoms with van der Waals surface area (Å²) in [5.74, 6) is -0.190. The van der Waals surface area contributed by atoms with E-state index in [1.807, 2.05) is 6.92 Å². The van der Waals surface area contributed by atoms with Gasteiger partial charge in [0, 0.05) is 13.1 Å². The van der Waals surface area contributed by atoms with Crippen LogP contribution in [0.15, 0.2) is 0 Å². The highest BCUT2D eigenvalue weighted by Crippen LogP contribution is 2.21. The second kappa shape index (κ2) is 5.84. The Morgan fingerprint density at radius 2 is 2.25 bits per heavy atom. The first-order valence-corrected chi connectivity index (χ1v) is 5.64. The Hall–Kier alpha value is -1.10. The summed E-state index contributed by atoms with van der Waals surface area (Å²) in [5, 5.41) is 2.66. The molecule has 1 rings (SSSR count). The number of hydrogen-bond acceptors (Lipinski definition) is 4. The predicted molar refractivity (Wildman–Crippen MR) is 59.9 cm³/mol. The van der Waals surface area contributed by atoms with Crippen molar-refractivity contribution in [3.63, 3.8) is 0 Å². The molecule has 2 unspecified atom stereocenters. The number of amides is 1. The van der Waals surface area contributed by atoms with Gasteiger partial charge in [-0.3, -0.25) is 14.5 Å². The molecule has 0 spiro atoms. The molecule has 1 N–H and O–H groups in total. The molecule has 16 heavy (non-hydrogen) atoms. The highest BCUT2D eigenvalue weighted by Gasteiger charge is 2.33. The van der Waals surface area contributed by atoms with Gasteiger partial charge in [0.05, 0.1) is 19.6 Å². The highest BCUT2D eigenvalue weighted by atomic mass is 16.5. The molecule has 1 aliphatic rings. The van der Waals surface area contributed by atoms with Crippen LogP contribution in [-0.4, -0.2) is 49.6 Å². The van der Waals surface area contributed by atoms with Crippen LogP contribution in [-0.2, 0) is 14.3 Å². The van der Waals surface area contributed by atoms with Gasteiger partial charge in [-0.15, -0.1) is 0 Å². The monoisotopic (exact) mass is 228 g/mol. The van der Waals surface area contributed by atoms with Crippen molar-refractivity contribution in [3.05, 3.63) is 0 Å². The Bertz CT molecular complexity index is 268. The van der Waals surface area contributed by atoms with Gasteiger partial charge in [-0.05, 0) is 26.3 Å². The summed E-state index contributed by atoms with van der Waals surface area (Å²) in [4.78, 5) is 24.9. The molecule has 92 valence electrons. The summed E-state index contributed by atoms with van der Waals surface area (Å²) >= 11 is 0. The molecule has 0 aromatic heterocycles. The molecule has 1 saturated heterocycles. The molecule has 1 heterocycles. The Balaban J connectivity index is 2.57. The van der Waals surface area contributed by atoms with E-state index in [1.165, 1.54) is 7.11 Å². The molecule has 5 heteroatoms. The van der Waals surface area contributed by atoms with Crippen molar-refractivity contribution < 1.29 is 14.3 Å². The van der Waals surface area contributed by atoms with Gasteiger partial charge in [0.25, 0.3) is 0 Å². The van der Waals surface area contributed by atoms with Crippen LogP contribution in [0, 0.1) is 0 Å². The number of ether oxygens (including phenoxy) is 1. The zero-order valence-corrected chi connectivity index (χ0v) is 10.2. The van der Waals surface area contributed by atoms with Gasteiger partial charge >= 0.3 is 5.97 Å². The first-order chi connectivity index (χ1) is 7.60. The van der Waals surface area contributed by atoms with E-state index >= 15 is 0 Å². The van der Waals surface area contributed by atoms with E-state index in [0.29, 0.717) is 6.42 Å². The standard InChI is InChI=1S/C11H20N2O3/c1-8(7-10(14)16-3)13-6-4-5-9(13)11(15)12-2/h8-9H,4-7H2,1-3H3,(H,12,15). The van der Waals surface area contributed by atoms with Crippen molar-refractivity contribution in [1.29, 1.82) is 0 Å². The molecule has 0 saturated carbocycles. The highest BCUT2D eigenvalue weighted by molar-refractivity contribution is 5.81. The topological polar surface area (TPSA) is 58.6 Å². The van der Waals surface area contributed by atoms with Crippen LogP contribution in [0.5, 0.6) is 0 Å². The van der Waals surface area contributed by atoms with Crippen LogP contribution in [0.25, 0.3) is 0 Å². The average Bonchev–Trinajstić information content (AvgIpc) is 2.76. The third-order valence-electron chi connectivity index (χ3n) is 3.10. The van der Waals surface area contributed by atoms with Crippen molar-refractivity contribution in [2.75, 3.05) is 20.7 Å². The third-order valence-corrected chi connectivity index (χ3v) is 3.10. The van der Waals surface area contributed by atoms with E-state index < -0.39 is 0 Å². The van der Waals surface area contributed by atoms with E-state index in [9.17, 15) is 9.59 Å². The van der Waals surface area contributed by atoms with Gasteiger partial charge in [-0.2, -0.15) is 0 Å². The van der Waals surface area contributed by atoms with Crippen molar-refractivity contribution in [3.8, 4) is 0 Å². The molecule has 0 aromatic rings. The van der Waals surface area contributed by atoms with Crippen molar-refractivity contribution >= 4 is 11.9 Å². The number of carbonyl (C=O) groups excluding carboxylic acids is 2. The van der Waals surface area contributed by atoms with Crippen LogP contribution < -0.4 is 5.32 Å². The Morgan fingerprint density at radius 1 is 1.56 bits per heavy atom. The van der Waals surface area contributed by atoms with Gasteiger partial charge in [-0.1, -0.05) is 0 Å². The summed E-state index contributed by atoms with van der Waals surface area (Å²) in [6, 6.07) is -0.0399. The molecule has 0 aliphatic carbocycles. The van der Waals surface area contributed by atoms with Crippen LogP contribution in [0.3, 0.4) is 0 Å². The molecule has 0 radical (unpaired) electrons. The molecule has 0 aromatic carbocycles. The van der Waals surface area contributed by atoms with Crippen molar-refractivity contribution in [2.24, 2.45) is 0 Å². The van der Waals surface area contributed by atoms with E-state index in [-0.39, 0.29) is 24.0 Å². The normalized spacial score (nSPS) is 22.8. The second-order valence-corrected chi connectivity index (χ2v) is 4.14. The third kappa shape index (κ3) is 2.95. The lowest BCUT2D eigenvalue weighted by Gasteiger charge is -2.28. The SMILES string of the molecule is CNC(=O)C1CCCN1C(C)CC(=O)OC. The number of carbonyl (C=O) groups is 2. The number of nitrogens with zero attached hydrogens (tertiary/aromatic N) is 1. The quantitative estimate of drug-likeness (QED) is 0.696. The number of hydrogen-bond donors (Lipinski definition) is 1. The van der Waals surface area contributed by atoms with Crippen molar-refractivity contribution in [1.82, 2.24) is 10.2 Å². The average molecular weight is 228 g/mol. The molecule has 0 bridgehead atoms. The van der Waals surface area contributed by atoms with Crippen molar-refractivity contribution in [2.45, 2.75) is 38.3 Å². The first kappa shape index (κ1) is 13.0. The minimum Gasteiger partial charge on any atom is -0.469 e. The summed E-state index contributed by atoms with van der Waals surface area (Å²) in [6.07, 6.45) is 2.21. The van der Waals surface area contributed by atoms with Crippen LogP contribution in [0.4, 0.5) is 0 Å². The number of methoxy groups -OCH3 is 1. The number of likely N-dealkylation sites (tertiary alicyclic amines) is 1. The largest absolute Gasteiger partial charge is 0.469 e. The van der Waals surface area contributed by atoms with E-state index in [2.05, 4.69) is 15.0 Å². The second-order valence-electron chi connectivity index (χ2n) is 4.14. The maximum absolute atomic E-state index is 11.6. The molecule has 1 aliphatic heterocycles. The van der Waals surface area contributed by atoms with Gasteiger partial charge in [0.1, 0.15) is 0 Å². The van der Waals surface area contributed by atoms with Crippen LogP contribution in [0.1, 0.15) is 26.2 Å². The van der Waals surface area contributed by atoms with E-state index in [1.54, 1.807) is 7.05 Å². The number of nitrogens with one attached hydrogen (secondary N) is 1. The smallest absolute Gasteiger partial charge is 0.307 e. The first-order valence-electron chi connectivity index (χ1n) is 5.64. The molecule has 2 atom stereocenters. The molecule has 5 nitrogen and oxygen atoms in total. The Morgan fingerprint density at radius 3 is 2.81 bits per heavy atom. The fourth-order valence-corrected chi connectivity index (χ4v) is 2.21. The number of esters is 1. The van der Waals surface area contributed by atoms with E-state index in [0.717, 1.165) is 19.4 Å². The molecular weight excluding hydrogens is 208 g/mol. The zero-order valence-electron chi connectivity index (χ0n) is 10.2. The van der Waals surface area contributed by atoms with Gasteiger partial charge in [-0.25, -0.2) is 0 Å². The molecular formula is C11H20N2O3. The summed E-state index contributed by atoms with van der Waals surface area (Å²) in [5.41, 5.74) is 0. The summed E-state index contributed by atoms with van der Waals surface area (Å²) < 4.78 is 4.64. The lowest BCUT2D eigenvalue weighted by atomic mass is 10.1. The van der Waals surface area contributed by atoms with E-state index in [4.69, 9.17) is 0 Å². The van der Waals surface area contributed by atoms with Gasteiger partial charge in [0.2, 0.25) is 5.91 Å². The van der Waals surface area contributed by atoms with Gasteiger partial charge in [0.15, 0.2) is 0 Å². The fraction of sp³-hybridized carbons (Fsp3) is 0.818. The predicted octanol–water partition coefficient (Wildman–Crippen LogP) is 0.148. The maximum Gasteiger partial charge on any atom is 0.307 e. The Labute approximate surface area is 96.1 Å². The van der Waals surface area contributed by atoms with Gasteiger partial charge < -0.3 is 10.1 Å². The van der Waals surface area contributed by atoms with Crippen LogP contribution >= 0.6 is 0 Å². The zero-order chi connectivity index (χ0) is 12.1. The fourth-order valence-electron chi connectivity index (χ4n) is 2.21. The minimum absolute atomic E-state index is 0.0363. The lowest BCUT2D eigenvalue weighted by Crippen LogP contribution is -2.46. The minimum atomic E-state index is -0.227. The number of rotatable bonds is 4. The maximum atomic E-state index is 11.6. The number of likely N-dealkylation sites (N-methyl/N-ethyl adjacent to an activating group) is 1. The summed E-state index contributed by atoms with van der Waals surface area (Å²) in [6.45, 7) is 2.83. The lowest BCUT2D eigenvalue weighted by molar-refractivity contribution is -0.142. The summed E-state index contributed by atoms with van der Waals surface area (Å²) in [7, 11) is 3.03.